The molecule has 0 fully saturated rings. The van der Waals surface area contributed by atoms with Crippen molar-refractivity contribution >= 4 is 28.8 Å². The van der Waals surface area contributed by atoms with Crippen molar-refractivity contribution in [3.63, 3.8) is 0 Å². The van der Waals surface area contributed by atoms with Crippen molar-refractivity contribution in [2.75, 3.05) is 18.5 Å². The van der Waals surface area contributed by atoms with Gasteiger partial charge in [0.1, 0.15) is 0 Å². The molecular formula is C17H17N3O2S2. The van der Waals surface area contributed by atoms with E-state index in [1.54, 1.807) is 17.5 Å². The van der Waals surface area contributed by atoms with Crippen molar-refractivity contribution in [1.29, 1.82) is 0 Å². The highest BCUT2D eigenvalue weighted by Crippen LogP contribution is 2.28. The minimum Gasteiger partial charge on any atom is -0.394 e. The smallest absolute Gasteiger partial charge is 0.192 e. The second-order valence-electron chi connectivity index (χ2n) is 5.05. The van der Waals surface area contributed by atoms with E-state index in [0.29, 0.717) is 11.7 Å². The molecule has 3 aromatic rings. The number of aliphatic hydroxyl groups is 2. The third kappa shape index (κ3) is 4.55. The number of anilines is 1. The molecule has 1 atom stereocenters. The fourth-order valence-electron chi connectivity index (χ4n) is 2.00. The molecule has 0 aliphatic rings. The second kappa shape index (κ2) is 8.25. The summed E-state index contributed by atoms with van der Waals surface area (Å²) in [5.74, 6) is 0. The highest BCUT2D eigenvalue weighted by Gasteiger charge is 2.06. The van der Waals surface area contributed by atoms with Crippen molar-refractivity contribution in [2.45, 2.75) is 16.2 Å². The topological polar surface area (TPSA) is 78.3 Å². The molecule has 5 nitrogen and oxygen atoms in total. The molecule has 0 radical (unpaired) electrons. The van der Waals surface area contributed by atoms with Gasteiger partial charge in [-0.1, -0.05) is 6.07 Å². The number of hydrogen-bond donors (Lipinski definition) is 3. The van der Waals surface area contributed by atoms with Gasteiger partial charge in [-0.3, -0.25) is 0 Å². The van der Waals surface area contributed by atoms with Gasteiger partial charge in [0.2, 0.25) is 0 Å². The van der Waals surface area contributed by atoms with Crippen LogP contribution in [0.4, 0.5) is 5.69 Å². The zero-order chi connectivity index (χ0) is 16.8. The number of hydrogen-bond acceptors (Lipinski definition) is 7. The molecule has 2 heterocycles. The van der Waals surface area contributed by atoms with Crippen LogP contribution in [0, 0.1) is 0 Å². The van der Waals surface area contributed by atoms with Gasteiger partial charge in [-0.2, -0.15) is 0 Å². The predicted octanol–water partition coefficient (Wildman–Crippen LogP) is 3.12. The molecule has 0 saturated carbocycles. The van der Waals surface area contributed by atoms with E-state index in [-0.39, 0.29) is 6.61 Å². The molecule has 0 spiro atoms. The van der Waals surface area contributed by atoms with Gasteiger partial charge >= 0.3 is 0 Å². The number of nitrogens with one attached hydrogen (secondary N) is 1. The minimum atomic E-state index is -0.757. The number of aliphatic hydroxyl groups excluding tert-OH is 2. The number of thiophene rings is 1. The summed E-state index contributed by atoms with van der Waals surface area (Å²) < 4.78 is 0. The maximum Gasteiger partial charge on any atom is 0.192 e. The second-order valence-corrected chi connectivity index (χ2v) is 7.03. The minimum absolute atomic E-state index is 0.251. The van der Waals surface area contributed by atoms with E-state index in [2.05, 4.69) is 15.3 Å². The summed E-state index contributed by atoms with van der Waals surface area (Å²) in [6.45, 7) is 0.0633. The van der Waals surface area contributed by atoms with Gasteiger partial charge in [-0.25, -0.2) is 9.97 Å². The van der Waals surface area contributed by atoms with Crippen molar-refractivity contribution < 1.29 is 10.2 Å². The molecule has 0 bridgehead atoms. The van der Waals surface area contributed by atoms with E-state index >= 15 is 0 Å². The average Bonchev–Trinajstić information content (AvgIpc) is 3.16. The zero-order valence-corrected chi connectivity index (χ0v) is 14.4. The first-order chi connectivity index (χ1) is 11.7. The number of nitrogens with zero attached hydrogens (tertiary/aromatic N) is 2. The molecule has 1 unspecified atom stereocenters. The molecule has 1 aromatic carbocycles. The molecule has 7 heteroatoms. The molecule has 24 heavy (non-hydrogen) atoms. The predicted molar refractivity (Wildman–Crippen MR) is 97.5 cm³/mol. The Morgan fingerprint density at radius 1 is 1.17 bits per heavy atom. The summed E-state index contributed by atoms with van der Waals surface area (Å²) in [6.07, 6.45) is 1.02. The number of benzene rings is 1. The summed E-state index contributed by atoms with van der Waals surface area (Å²) >= 11 is 3.16. The Hall–Kier alpha value is -1.93. The standard InChI is InChI=1S/C17H17N3O2S2/c21-11-13(22)10-19-12-3-5-14(6-4-12)24-17-18-8-7-15(20-17)16-2-1-9-23-16/h1-9,13,19,21-22H,10-11H2. The maximum atomic E-state index is 9.34. The Balaban J connectivity index is 1.65. The molecular weight excluding hydrogens is 342 g/mol. The van der Waals surface area contributed by atoms with Crippen molar-refractivity contribution in [3.05, 3.63) is 54.0 Å². The van der Waals surface area contributed by atoms with Gasteiger partial charge in [0, 0.05) is 23.3 Å². The fraction of sp³-hybridized carbons (Fsp3) is 0.176. The lowest BCUT2D eigenvalue weighted by atomic mass is 10.3. The number of aromatic nitrogens is 2. The first-order valence-corrected chi connectivity index (χ1v) is 9.12. The molecule has 2 aromatic heterocycles. The summed E-state index contributed by atoms with van der Waals surface area (Å²) in [5.41, 5.74) is 1.82. The van der Waals surface area contributed by atoms with Crippen LogP contribution in [0.25, 0.3) is 10.6 Å². The Morgan fingerprint density at radius 2 is 2.00 bits per heavy atom. The highest BCUT2D eigenvalue weighted by atomic mass is 32.2. The van der Waals surface area contributed by atoms with Gasteiger partial charge in [0.05, 0.1) is 23.3 Å². The Labute approximate surface area is 148 Å². The largest absolute Gasteiger partial charge is 0.394 e. The van der Waals surface area contributed by atoms with Crippen LogP contribution in [0.15, 0.2) is 64.1 Å². The van der Waals surface area contributed by atoms with E-state index in [0.717, 1.165) is 21.2 Å². The molecule has 0 amide bonds. The van der Waals surface area contributed by atoms with Crippen molar-refractivity contribution in [2.24, 2.45) is 0 Å². The molecule has 124 valence electrons. The van der Waals surface area contributed by atoms with Gasteiger partial charge in [0.25, 0.3) is 0 Å². The van der Waals surface area contributed by atoms with Gasteiger partial charge in [0.15, 0.2) is 5.16 Å². The summed E-state index contributed by atoms with van der Waals surface area (Å²) in [5, 5.41) is 23.9. The lowest BCUT2D eigenvalue weighted by molar-refractivity contribution is 0.105. The molecule has 0 saturated heterocycles. The summed E-state index contributed by atoms with van der Waals surface area (Å²) in [4.78, 5) is 11.1. The molecule has 0 aliphatic heterocycles. The first kappa shape index (κ1) is 16.9. The van der Waals surface area contributed by atoms with Gasteiger partial charge in [-0.15, -0.1) is 11.3 Å². The van der Waals surface area contributed by atoms with Crippen LogP contribution in [0.1, 0.15) is 0 Å². The van der Waals surface area contributed by atoms with Crippen molar-refractivity contribution in [3.8, 4) is 10.6 Å². The van der Waals surface area contributed by atoms with Crippen LogP contribution in [-0.2, 0) is 0 Å². The Morgan fingerprint density at radius 3 is 2.71 bits per heavy atom. The Kier molecular flexibility index (Phi) is 5.81. The summed E-state index contributed by atoms with van der Waals surface area (Å²) in [7, 11) is 0. The van der Waals surface area contributed by atoms with Crippen LogP contribution in [-0.4, -0.2) is 39.4 Å². The summed E-state index contributed by atoms with van der Waals surface area (Å²) in [6, 6.07) is 13.8. The van der Waals surface area contributed by atoms with E-state index in [1.807, 2.05) is 47.8 Å². The lowest BCUT2D eigenvalue weighted by Gasteiger charge is -2.10. The van der Waals surface area contributed by atoms with E-state index in [4.69, 9.17) is 5.11 Å². The van der Waals surface area contributed by atoms with Gasteiger partial charge < -0.3 is 15.5 Å². The van der Waals surface area contributed by atoms with E-state index < -0.39 is 6.10 Å². The highest BCUT2D eigenvalue weighted by molar-refractivity contribution is 7.99. The molecule has 3 N–H and O–H groups in total. The van der Waals surface area contributed by atoms with E-state index in [1.165, 1.54) is 11.8 Å². The quantitative estimate of drug-likeness (QED) is 0.563. The third-order valence-corrected chi connectivity index (χ3v) is 5.00. The van der Waals surface area contributed by atoms with Crippen LogP contribution >= 0.6 is 23.1 Å². The van der Waals surface area contributed by atoms with Crippen LogP contribution in [0.5, 0.6) is 0 Å². The molecule has 0 aliphatic carbocycles. The maximum absolute atomic E-state index is 9.34. The zero-order valence-electron chi connectivity index (χ0n) is 12.8. The fourth-order valence-corrected chi connectivity index (χ4v) is 3.43. The normalized spacial score (nSPS) is 12.1. The first-order valence-electron chi connectivity index (χ1n) is 7.42. The number of rotatable bonds is 7. The SMILES string of the molecule is OCC(O)CNc1ccc(Sc2nccc(-c3cccs3)n2)cc1. The third-order valence-electron chi connectivity index (χ3n) is 3.22. The molecule has 3 rings (SSSR count). The van der Waals surface area contributed by atoms with Crippen LogP contribution < -0.4 is 5.32 Å². The van der Waals surface area contributed by atoms with E-state index in [9.17, 15) is 5.11 Å². The lowest BCUT2D eigenvalue weighted by Crippen LogP contribution is -2.22. The Bertz CT molecular complexity index is 764. The monoisotopic (exact) mass is 359 g/mol. The van der Waals surface area contributed by atoms with Crippen molar-refractivity contribution in [1.82, 2.24) is 9.97 Å². The van der Waals surface area contributed by atoms with Crippen LogP contribution in [0.2, 0.25) is 0 Å². The van der Waals surface area contributed by atoms with Gasteiger partial charge in [-0.05, 0) is 53.5 Å². The van der Waals surface area contributed by atoms with Crippen LogP contribution in [0.3, 0.4) is 0 Å². The average molecular weight is 359 g/mol.